The van der Waals surface area contributed by atoms with Gasteiger partial charge in [-0.25, -0.2) is 0 Å². The Morgan fingerprint density at radius 2 is 1.71 bits per heavy atom. The lowest BCUT2D eigenvalue weighted by molar-refractivity contribution is -0.119. The fourth-order valence-electron chi connectivity index (χ4n) is 3.53. The molecule has 0 bridgehead atoms. The van der Waals surface area contributed by atoms with Crippen molar-refractivity contribution in [2.75, 3.05) is 0 Å². The van der Waals surface area contributed by atoms with E-state index in [9.17, 15) is 4.79 Å². The third-order valence-corrected chi connectivity index (χ3v) is 5.67. The van der Waals surface area contributed by atoms with Crippen molar-refractivity contribution < 1.29 is 4.79 Å². The van der Waals surface area contributed by atoms with E-state index in [0.717, 1.165) is 11.1 Å². The Kier molecular flexibility index (Phi) is 5.47. The monoisotopic (exact) mass is 361 g/mol. The third kappa shape index (κ3) is 3.93. The van der Waals surface area contributed by atoms with E-state index >= 15 is 0 Å². The van der Waals surface area contributed by atoms with E-state index in [4.69, 9.17) is 28.9 Å². The number of hydrogen-bond acceptors (Lipinski definition) is 1. The molecular formula is C20H21Cl2NO. The maximum Gasteiger partial charge on any atom is 0.225 e. The minimum atomic E-state index is -0.405. The molecule has 0 aliphatic heterocycles. The molecule has 1 fully saturated rings. The summed E-state index contributed by atoms with van der Waals surface area (Å²) in [6.07, 6.45) is 5.79. The molecule has 0 heterocycles. The van der Waals surface area contributed by atoms with Crippen molar-refractivity contribution in [3.8, 4) is 0 Å². The summed E-state index contributed by atoms with van der Waals surface area (Å²) in [5.74, 6) is -0.0635. The predicted molar refractivity (Wildman–Crippen MR) is 99.8 cm³/mol. The number of amides is 1. The topological polar surface area (TPSA) is 43.1 Å². The molecule has 0 radical (unpaired) electrons. The van der Waals surface area contributed by atoms with Crippen LogP contribution in [0.1, 0.15) is 54.2 Å². The van der Waals surface area contributed by atoms with Crippen LogP contribution in [0, 0.1) is 0 Å². The van der Waals surface area contributed by atoms with E-state index in [1.807, 2.05) is 6.07 Å². The highest BCUT2D eigenvalue weighted by molar-refractivity contribution is 6.42. The number of benzene rings is 2. The first-order chi connectivity index (χ1) is 11.5. The predicted octanol–water partition coefficient (Wildman–Crippen LogP) is 5.46. The van der Waals surface area contributed by atoms with Gasteiger partial charge in [0.15, 0.2) is 0 Å². The van der Waals surface area contributed by atoms with E-state index in [1.165, 1.54) is 31.2 Å². The lowest BCUT2D eigenvalue weighted by Gasteiger charge is -2.16. The van der Waals surface area contributed by atoms with Crippen molar-refractivity contribution in [2.24, 2.45) is 5.73 Å². The summed E-state index contributed by atoms with van der Waals surface area (Å²) >= 11 is 12.0. The average Bonchev–Trinajstić information content (AvgIpc) is 3.10. The summed E-state index contributed by atoms with van der Waals surface area (Å²) < 4.78 is 0. The Balaban J connectivity index is 1.78. The van der Waals surface area contributed by atoms with Crippen LogP contribution in [-0.4, -0.2) is 5.91 Å². The van der Waals surface area contributed by atoms with Gasteiger partial charge in [0, 0.05) is 0 Å². The molecule has 4 heteroatoms. The maximum absolute atomic E-state index is 11.9. The van der Waals surface area contributed by atoms with Crippen LogP contribution in [0.2, 0.25) is 10.0 Å². The maximum atomic E-state index is 11.9. The zero-order valence-electron chi connectivity index (χ0n) is 13.5. The summed E-state index contributed by atoms with van der Waals surface area (Å²) in [7, 11) is 0. The molecule has 1 unspecified atom stereocenters. The summed E-state index contributed by atoms with van der Waals surface area (Å²) in [5, 5.41) is 0.918. The van der Waals surface area contributed by atoms with Crippen LogP contribution in [0.4, 0.5) is 0 Å². The second-order valence-electron chi connectivity index (χ2n) is 6.56. The molecule has 2 aromatic rings. The van der Waals surface area contributed by atoms with E-state index in [2.05, 4.69) is 24.3 Å². The van der Waals surface area contributed by atoms with Gasteiger partial charge in [-0.15, -0.1) is 0 Å². The second-order valence-corrected chi connectivity index (χ2v) is 7.37. The van der Waals surface area contributed by atoms with Gasteiger partial charge in [0.2, 0.25) is 5.91 Å². The number of primary amides is 1. The van der Waals surface area contributed by atoms with Crippen molar-refractivity contribution >= 4 is 29.1 Å². The van der Waals surface area contributed by atoms with Gasteiger partial charge in [-0.05, 0) is 54.0 Å². The summed E-state index contributed by atoms with van der Waals surface area (Å²) in [6, 6.07) is 13.9. The van der Waals surface area contributed by atoms with E-state index in [1.54, 1.807) is 12.1 Å². The van der Waals surface area contributed by atoms with Crippen molar-refractivity contribution in [1.29, 1.82) is 0 Å². The molecule has 1 aliphatic rings. The van der Waals surface area contributed by atoms with Gasteiger partial charge in [-0.3, -0.25) is 4.79 Å². The number of rotatable bonds is 5. The molecule has 2 aromatic carbocycles. The Morgan fingerprint density at radius 3 is 2.29 bits per heavy atom. The molecule has 1 amide bonds. The van der Waals surface area contributed by atoms with Crippen LogP contribution >= 0.6 is 23.2 Å². The molecular weight excluding hydrogens is 341 g/mol. The number of carbonyl (C=O) groups is 1. The molecule has 2 N–H and O–H groups in total. The van der Waals surface area contributed by atoms with Crippen molar-refractivity contribution in [1.82, 2.24) is 0 Å². The zero-order chi connectivity index (χ0) is 17.1. The molecule has 0 saturated heterocycles. The van der Waals surface area contributed by atoms with E-state index in [0.29, 0.717) is 22.4 Å². The van der Waals surface area contributed by atoms with Gasteiger partial charge in [0.05, 0.1) is 16.0 Å². The van der Waals surface area contributed by atoms with Crippen LogP contribution < -0.4 is 5.73 Å². The molecule has 1 saturated carbocycles. The molecule has 1 atom stereocenters. The van der Waals surface area contributed by atoms with Crippen LogP contribution in [0.25, 0.3) is 0 Å². The first-order valence-electron chi connectivity index (χ1n) is 8.37. The smallest absolute Gasteiger partial charge is 0.225 e. The minimum absolute atomic E-state index is 0.353. The molecule has 3 rings (SSSR count). The molecule has 0 aromatic heterocycles. The van der Waals surface area contributed by atoms with E-state index < -0.39 is 5.92 Å². The fraction of sp³-hybridized carbons (Fsp3) is 0.350. The van der Waals surface area contributed by atoms with Crippen LogP contribution in [0.3, 0.4) is 0 Å². The molecule has 126 valence electrons. The second kappa shape index (κ2) is 7.58. The molecule has 1 aliphatic carbocycles. The summed E-state index contributed by atoms with van der Waals surface area (Å²) in [4.78, 5) is 11.9. The SMILES string of the molecule is NC(=O)C(Cc1ccc(C2CCCC2)cc1)c1ccc(Cl)c(Cl)c1. The van der Waals surface area contributed by atoms with Gasteiger partial charge in [-0.1, -0.05) is 66.4 Å². The first kappa shape index (κ1) is 17.3. The van der Waals surface area contributed by atoms with Crippen molar-refractivity contribution in [3.05, 3.63) is 69.2 Å². The molecule has 0 spiro atoms. The average molecular weight is 362 g/mol. The van der Waals surface area contributed by atoms with Crippen LogP contribution in [0.15, 0.2) is 42.5 Å². The van der Waals surface area contributed by atoms with Crippen molar-refractivity contribution in [3.63, 3.8) is 0 Å². The highest BCUT2D eigenvalue weighted by Crippen LogP contribution is 2.34. The largest absolute Gasteiger partial charge is 0.369 e. The normalized spacial score (nSPS) is 16.2. The quantitative estimate of drug-likeness (QED) is 0.754. The zero-order valence-corrected chi connectivity index (χ0v) is 15.0. The Morgan fingerprint density at radius 1 is 1.04 bits per heavy atom. The van der Waals surface area contributed by atoms with Gasteiger partial charge in [0.25, 0.3) is 0 Å². The molecule has 24 heavy (non-hydrogen) atoms. The summed E-state index contributed by atoms with van der Waals surface area (Å²) in [5.41, 5.74) is 8.93. The van der Waals surface area contributed by atoms with Crippen LogP contribution in [0.5, 0.6) is 0 Å². The standard InChI is InChI=1S/C20H21Cl2NO/c21-18-10-9-16(12-19(18)22)17(20(23)24)11-13-5-7-15(8-6-13)14-3-1-2-4-14/h5-10,12,14,17H,1-4,11H2,(H2,23,24). The first-order valence-corrected chi connectivity index (χ1v) is 9.13. The molecule has 2 nitrogen and oxygen atoms in total. The lowest BCUT2D eigenvalue weighted by Crippen LogP contribution is -2.23. The number of hydrogen-bond donors (Lipinski definition) is 1. The highest BCUT2D eigenvalue weighted by atomic mass is 35.5. The highest BCUT2D eigenvalue weighted by Gasteiger charge is 2.20. The fourth-order valence-corrected chi connectivity index (χ4v) is 3.84. The minimum Gasteiger partial charge on any atom is -0.369 e. The van der Waals surface area contributed by atoms with E-state index in [-0.39, 0.29) is 5.91 Å². The third-order valence-electron chi connectivity index (χ3n) is 4.94. The number of nitrogens with two attached hydrogens (primary N) is 1. The lowest BCUT2D eigenvalue weighted by atomic mass is 9.90. The Bertz CT molecular complexity index is 721. The van der Waals surface area contributed by atoms with Gasteiger partial charge >= 0.3 is 0 Å². The van der Waals surface area contributed by atoms with Crippen LogP contribution in [-0.2, 0) is 11.2 Å². The van der Waals surface area contributed by atoms with Crippen molar-refractivity contribution in [2.45, 2.75) is 43.9 Å². The Labute approximate surface area is 153 Å². The number of halogens is 2. The number of carbonyl (C=O) groups excluding carboxylic acids is 1. The Hall–Kier alpha value is -1.51. The summed E-state index contributed by atoms with van der Waals surface area (Å²) in [6.45, 7) is 0. The van der Waals surface area contributed by atoms with Gasteiger partial charge < -0.3 is 5.73 Å². The van der Waals surface area contributed by atoms with Gasteiger partial charge in [0.1, 0.15) is 0 Å². The van der Waals surface area contributed by atoms with Gasteiger partial charge in [-0.2, -0.15) is 0 Å².